The highest BCUT2D eigenvalue weighted by molar-refractivity contribution is 9.11. The first-order chi connectivity index (χ1) is 21.0. The van der Waals surface area contributed by atoms with Crippen LogP contribution in [0, 0.1) is 17.0 Å². The normalized spacial score (nSPS) is 14.7. The minimum absolute atomic E-state index is 0.115. The van der Waals surface area contributed by atoms with Crippen LogP contribution in [0.5, 0.6) is 5.75 Å². The summed E-state index contributed by atoms with van der Waals surface area (Å²) in [5, 5.41) is 12.4. The molecule has 0 amide bonds. The summed E-state index contributed by atoms with van der Waals surface area (Å²) in [6.45, 7) is 5.41. The zero-order chi connectivity index (χ0) is 31.7. The van der Waals surface area contributed by atoms with E-state index in [0.717, 1.165) is 16.9 Å². The Hall–Kier alpha value is -3.58. The molecule has 3 aromatic carbocycles. The molecule has 1 aromatic heterocycles. The van der Waals surface area contributed by atoms with Crippen molar-refractivity contribution in [3.63, 3.8) is 0 Å². The molecule has 0 unspecified atom stereocenters. The second-order valence-corrected chi connectivity index (χ2v) is 13.0. The number of aryl methyl sites for hydroxylation is 1. The molecule has 1 aliphatic heterocycles. The average molecular weight is 762 g/mol. The van der Waals surface area contributed by atoms with Crippen molar-refractivity contribution in [1.82, 2.24) is 4.57 Å². The lowest BCUT2D eigenvalue weighted by Crippen LogP contribution is -2.40. The maximum Gasteiger partial charge on any atom is 0.338 e. The fourth-order valence-corrected chi connectivity index (χ4v) is 7.41. The summed E-state index contributed by atoms with van der Waals surface area (Å²) in [6, 6.07) is 14.7. The highest BCUT2D eigenvalue weighted by Gasteiger charge is 2.34. The van der Waals surface area contributed by atoms with E-state index < -0.39 is 22.5 Å². The first kappa shape index (κ1) is 31.8. The number of allylic oxidation sites excluding steroid dienone is 1. The van der Waals surface area contributed by atoms with E-state index >= 15 is 0 Å². The number of esters is 1. The van der Waals surface area contributed by atoms with Gasteiger partial charge in [-0.1, -0.05) is 47.2 Å². The van der Waals surface area contributed by atoms with Crippen LogP contribution in [-0.2, 0) is 16.1 Å². The fourth-order valence-electron chi connectivity index (χ4n) is 4.79. The molecule has 0 saturated heterocycles. The summed E-state index contributed by atoms with van der Waals surface area (Å²) in [5.41, 5.74) is 2.53. The van der Waals surface area contributed by atoms with Gasteiger partial charge in [-0.2, -0.15) is 0 Å². The van der Waals surface area contributed by atoms with Crippen LogP contribution in [0.2, 0.25) is 5.02 Å². The van der Waals surface area contributed by atoms with E-state index in [9.17, 15) is 19.7 Å². The van der Waals surface area contributed by atoms with Crippen molar-refractivity contribution in [2.75, 3.05) is 6.61 Å². The number of rotatable bonds is 8. The predicted molar refractivity (Wildman–Crippen MR) is 176 cm³/mol. The lowest BCUT2D eigenvalue weighted by atomic mass is 9.94. The molecule has 44 heavy (non-hydrogen) atoms. The smallest absolute Gasteiger partial charge is 0.338 e. The standard InChI is InChI=1S/C31H24Br2ClN3O6S/c1-4-42-30(39)26-17(3)35-31-36(27(26)20-8-5-16(2)24(14-20)37(40)41)29(38)25(44-31)13-19-11-22(32)28(23(33)12-19)43-15-18-6-9-21(34)10-7-18/h5-14,27H,4,15H2,1-3H3/b25-13+/t27-/m0/s1. The third-order valence-corrected chi connectivity index (χ3v) is 9.29. The van der Waals surface area contributed by atoms with Crippen LogP contribution >= 0.6 is 54.8 Å². The molecule has 1 aliphatic rings. The van der Waals surface area contributed by atoms with Crippen molar-refractivity contribution in [1.29, 1.82) is 0 Å². The van der Waals surface area contributed by atoms with Gasteiger partial charge in [-0.3, -0.25) is 19.5 Å². The maximum absolute atomic E-state index is 14.0. The quantitative estimate of drug-likeness (QED) is 0.111. The third-order valence-electron chi connectivity index (χ3n) is 6.88. The molecule has 0 fully saturated rings. The van der Waals surface area contributed by atoms with E-state index in [-0.39, 0.29) is 17.9 Å². The van der Waals surface area contributed by atoms with Gasteiger partial charge in [0.15, 0.2) is 4.80 Å². The molecule has 0 radical (unpaired) electrons. The summed E-state index contributed by atoms with van der Waals surface area (Å²) in [7, 11) is 0. The number of fused-ring (bicyclic) bond motifs is 1. The first-order valence-corrected chi connectivity index (χ1v) is 16.1. The monoisotopic (exact) mass is 759 g/mol. The van der Waals surface area contributed by atoms with Crippen molar-refractivity contribution in [3.05, 3.63) is 132 Å². The SMILES string of the molecule is CCOC(=O)C1=C(C)N=c2s/c(=C/c3cc(Br)c(OCc4ccc(Cl)cc4)c(Br)c3)c(=O)n2[C@H]1c1ccc(C)c([N+](=O)[O-])c1. The Morgan fingerprint density at radius 2 is 1.82 bits per heavy atom. The van der Waals surface area contributed by atoms with Gasteiger partial charge in [-0.25, -0.2) is 9.79 Å². The van der Waals surface area contributed by atoms with Gasteiger partial charge < -0.3 is 9.47 Å². The Morgan fingerprint density at radius 3 is 2.45 bits per heavy atom. The molecule has 226 valence electrons. The van der Waals surface area contributed by atoms with Gasteiger partial charge >= 0.3 is 5.97 Å². The Bertz CT molecular complexity index is 2000. The molecule has 2 heterocycles. The number of carbonyl (C=O) groups excluding carboxylic acids is 1. The van der Waals surface area contributed by atoms with Crippen LogP contribution in [0.1, 0.15) is 42.1 Å². The number of hydrogen-bond acceptors (Lipinski definition) is 8. The predicted octanol–water partition coefficient (Wildman–Crippen LogP) is 6.77. The minimum Gasteiger partial charge on any atom is -0.487 e. The Labute approximate surface area is 277 Å². The molecule has 0 spiro atoms. The Morgan fingerprint density at radius 1 is 1.14 bits per heavy atom. The van der Waals surface area contributed by atoms with Gasteiger partial charge in [0.2, 0.25) is 0 Å². The number of thiazole rings is 1. The average Bonchev–Trinajstić information content (AvgIpc) is 3.26. The van der Waals surface area contributed by atoms with Crippen LogP contribution in [0.25, 0.3) is 6.08 Å². The van der Waals surface area contributed by atoms with Crippen LogP contribution in [-0.4, -0.2) is 22.1 Å². The van der Waals surface area contributed by atoms with E-state index in [1.807, 2.05) is 24.3 Å². The van der Waals surface area contributed by atoms with E-state index in [4.69, 9.17) is 21.1 Å². The molecule has 13 heteroatoms. The van der Waals surface area contributed by atoms with Crippen LogP contribution in [0.3, 0.4) is 0 Å². The highest BCUT2D eigenvalue weighted by atomic mass is 79.9. The maximum atomic E-state index is 14.0. The number of halogens is 3. The summed E-state index contributed by atoms with van der Waals surface area (Å²) < 4.78 is 14.4. The number of hydrogen-bond donors (Lipinski definition) is 0. The first-order valence-electron chi connectivity index (χ1n) is 13.3. The molecule has 0 bridgehead atoms. The van der Waals surface area contributed by atoms with Gasteiger partial charge in [0, 0.05) is 16.7 Å². The molecule has 4 aromatic rings. The number of nitro groups is 1. The van der Waals surface area contributed by atoms with Crippen molar-refractivity contribution >= 4 is 72.5 Å². The van der Waals surface area contributed by atoms with Gasteiger partial charge in [0.05, 0.1) is 42.3 Å². The molecule has 9 nitrogen and oxygen atoms in total. The Balaban J connectivity index is 1.58. The lowest BCUT2D eigenvalue weighted by Gasteiger charge is -2.24. The van der Waals surface area contributed by atoms with Gasteiger partial charge in [-0.15, -0.1) is 0 Å². The molecular weight excluding hydrogens is 738 g/mol. The third kappa shape index (κ3) is 6.44. The minimum atomic E-state index is -0.964. The highest BCUT2D eigenvalue weighted by Crippen LogP contribution is 2.36. The van der Waals surface area contributed by atoms with Crippen molar-refractivity contribution in [2.45, 2.75) is 33.4 Å². The topological polar surface area (TPSA) is 113 Å². The second kappa shape index (κ2) is 13.2. The van der Waals surface area contributed by atoms with Crippen LogP contribution in [0.4, 0.5) is 5.69 Å². The number of nitro benzene ring substituents is 1. The van der Waals surface area contributed by atoms with Gasteiger partial charge in [-0.05, 0) is 99.7 Å². The summed E-state index contributed by atoms with van der Waals surface area (Å²) in [4.78, 5) is 43.3. The largest absolute Gasteiger partial charge is 0.487 e. The number of nitrogens with zero attached hydrogens (tertiary/aromatic N) is 3. The molecule has 5 rings (SSSR count). The lowest BCUT2D eigenvalue weighted by molar-refractivity contribution is -0.385. The van der Waals surface area contributed by atoms with E-state index in [0.29, 0.717) is 58.0 Å². The Kier molecular flexibility index (Phi) is 9.54. The van der Waals surface area contributed by atoms with E-state index in [2.05, 4.69) is 36.9 Å². The van der Waals surface area contributed by atoms with Crippen LogP contribution in [0.15, 0.2) is 84.6 Å². The van der Waals surface area contributed by atoms with Crippen molar-refractivity contribution in [3.8, 4) is 5.75 Å². The van der Waals surface area contributed by atoms with E-state index in [1.165, 1.54) is 10.6 Å². The number of benzene rings is 3. The van der Waals surface area contributed by atoms with Crippen molar-refractivity contribution in [2.24, 2.45) is 4.99 Å². The van der Waals surface area contributed by atoms with Crippen LogP contribution < -0.4 is 19.6 Å². The molecule has 1 atom stereocenters. The van der Waals surface area contributed by atoms with Crippen molar-refractivity contribution < 1.29 is 19.2 Å². The summed E-state index contributed by atoms with van der Waals surface area (Å²) >= 11 is 14.3. The molecule has 0 N–H and O–H groups in total. The zero-order valence-electron chi connectivity index (χ0n) is 23.6. The number of ether oxygens (including phenoxy) is 2. The van der Waals surface area contributed by atoms with Gasteiger partial charge in [0.25, 0.3) is 11.2 Å². The molecule has 0 aliphatic carbocycles. The number of aromatic nitrogens is 1. The summed E-state index contributed by atoms with van der Waals surface area (Å²) in [6.07, 6.45) is 1.72. The second-order valence-electron chi connectivity index (χ2n) is 9.83. The summed E-state index contributed by atoms with van der Waals surface area (Å²) in [5.74, 6) is -0.0486. The zero-order valence-corrected chi connectivity index (χ0v) is 28.3. The van der Waals surface area contributed by atoms with E-state index in [1.54, 1.807) is 51.1 Å². The molecule has 0 saturated carbocycles. The van der Waals surface area contributed by atoms with Gasteiger partial charge in [0.1, 0.15) is 12.4 Å². The molecular formula is C31H24Br2ClN3O6S. The fraction of sp³-hybridized carbons (Fsp3) is 0.194. The number of carbonyl (C=O) groups is 1.